The van der Waals surface area contributed by atoms with E-state index in [1.54, 1.807) is 13.8 Å². The molecule has 41 heavy (non-hydrogen) atoms. The molecular weight excluding hydrogens is 516 g/mol. The lowest BCUT2D eigenvalue weighted by atomic mass is 9.55. The van der Waals surface area contributed by atoms with Crippen LogP contribution in [-0.4, -0.2) is 31.9 Å². The predicted octanol–water partition coefficient (Wildman–Crippen LogP) is 6.44. The summed E-state index contributed by atoms with van der Waals surface area (Å²) in [6.45, 7) is 7.21. The average Bonchev–Trinajstić information content (AvgIpc) is 2.99. The number of esters is 2. The molecule has 2 atom stereocenters. The van der Waals surface area contributed by atoms with E-state index in [4.69, 9.17) is 14.2 Å². The van der Waals surface area contributed by atoms with Gasteiger partial charge in [0.1, 0.15) is 5.76 Å². The molecule has 2 aliphatic rings. The number of carbonyl (C=O) groups is 3. The SMILES string of the molecule is COC(=O)C(C)(C)[C@H]1C2=C(C(=O)CC(c3ccccc3)(c3ccccc3)O2)c2ccccc2[C@@H]1C(C)(C)C(=O)OC. The fraction of sp³-hybridized carbons (Fsp3) is 0.343. The average molecular weight is 553 g/mol. The van der Waals surface area contributed by atoms with E-state index in [0.717, 1.165) is 16.7 Å². The van der Waals surface area contributed by atoms with Crippen molar-refractivity contribution in [1.29, 1.82) is 0 Å². The second kappa shape index (κ2) is 10.3. The maximum atomic E-state index is 14.5. The van der Waals surface area contributed by atoms with E-state index >= 15 is 0 Å². The van der Waals surface area contributed by atoms with Crippen LogP contribution in [0.1, 0.15) is 62.3 Å². The summed E-state index contributed by atoms with van der Waals surface area (Å²) in [6, 6.07) is 27.0. The Morgan fingerprint density at radius 2 is 1.20 bits per heavy atom. The summed E-state index contributed by atoms with van der Waals surface area (Å²) >= 11 is 0. The first-order valence-electron chi connectivity index (χ1n) is 13.8. The minimum atomic E-state index is -1.18. The van der Waals surface area contributed by atoms with Gasteiger partial charge in [-0.3, -0.25) is 14.4 Å². The highest BCUT2D eigenvalue weighted by atomic mass is 16.5. The third-order valence-corrected chi connectivity index (χ3v) is 8.86. The molecule has 1 heterocycles. The van der Waals surface area contributed by atoms with Gasteiger partial charge in [-0.1, -0.05) is 84.9 Å². The Kier molecular flexibility index (Phi) is 7.14. The molecule has 0 radical (unpaired) electrons. The van der Waals surface area contributed by atoms with Gasteiger partial charge in [-0.05, 0) is 38.8 Å². The number of ketones is 1. The van der Waals surface area contributed by atoms with Crippen LogP contribution in [-0.2, 0) is 34.2 Å². The number of allylic oxidation sites excluding steroid dienone is 2. The highest BCUT2D eigenvalue weighted by Crippen LogP contribution is 2.61. The van der Waals surface area contributed by atoms with E-state index in [1.807, 2.05) is 98.8 Å². The van der Waals surface area contributed by atoms with Gasteiger partial charge in [-0.15, -0.1) is 0 Å². The number of hydrogen-bond acceptors (Lipinski definition) is 6. The van der Waals surface area contributed by atoms with E-state index in [-0.39, 0.29) is 12.2 Å². The number of Topliss-reactive ketones (excluding diaryl/α,β-unsaturated/α-hetero) is 1. The molecule has 6 heteroatoms. The van der Waals surface area contributed by atoms with Gasteiger partial charge in [0.05, 0.1) is 37.0 Å². The van der Waals surface area contributed by atoms with E-state index in [1.165, 1.54) is 14.2 Å². The molecule has 1 aliphatic heterocycles. The molecule has 1 aliphatic carbocycles. The number of hydrogen-bond donors (Lipinski definition) is 0. The topological polar surface area (TPSA) is 78.9 Å². The Labute approximate surface area is 241 Å². The van der Waals surface area contributed by atoms with E-state index in [9.17, 15) is 14.4 Å². The molecule has 0 amide bonds. The summed E-state index contributed by atoms with van der Waals surface area (Å²) in [5.41, 5.74) is 0.179. The summed E-state index contributed by atoms with van der Waals surface area (Å²) in [6.07, 6.45) is 0.0740. The Morgan fingerprint density at radius 1 is 0.732 bits per heavy atom. The van der Waals surface area contributed by atoms with Crippen molar-refractivity contribution in [1.82, 2.24) is 0 Å². The van der Waals surface area contributed by atoms with Gasteiger partial charge >= 0.3 is 11.9 Å². The molecule has 0 fully saturated rings. The van der Waals surface area contributed by atoms with Crippen LogP contribution in [0.4, 0.5) is 0 Å². The first-order valence-corrected chi connectivity index (χ1v) is 13.8. The summed E-state index contributed by atoms with van der Waals surface area (Å²) in [5, 5.41) is 0. The van der Waals surface area contributed by atoms with Crippen molar-refractivity contribution in [3.05, 3.63) is 113 Å². The van der Waals surface area contributed by atoms with E-state index in [0.29, 0.717) is 16.9 Å². The molecule has 0 saturated heterocycles. The number of ether oxygens (including phenoxy) is 3. The normalized spacial score (nSPS) is 19.9. The van der Waals surface area contributed by atoms with Crippen molar-refractivity contribution in [2.24, 2.45) is 16.7 Å². The van der Waals surface area contributed by atoms with Gasteiger partial charge in [0, 0.05) is 23.0 Å². The fourth-order valence-corrected chi connectivity index (χ4v) is 6.79. The van der Waals surface area contributed by atoms with Crippen LogP contribution in [0.5, 0.6) is 0 Å². The van der Waals surface area contributed by atoms with Gasteiger partial charge in [0.15, 0.2) is 11.4 Å². The van der Waals surface area contributed by atoms with Crippen LogP contribution in [0, 0.1) is 16.7 Å². The zero-order valence-corrected chi connectivity index (χ0v) is 24.4. The predicted molar refractivity (Wildman–Crippen MR) is 156 cm³/mol. The summed E-state index contributed by atoms with van der Waals surface area (Å²) < 4.78 is 17.8. The summed E-state index contributed by atoms with van der Waals surface area (Å²) in [4.78, 5) is 41.4. The maximum absolute atomic E-state index is 14.5. The van der Waals surface area contributed by atoms with Crippen molar-refractivity contribution in [2.75, 3.05) is 14.2 Å². The molecular formula is C35H36O6. The number of methoxy groups -OCH3 is 2. The van der Waals surface area contributed by atoms with Crippen LogP contribution in [0.3, 0.4) is 0 Å². The van der Waals surface area contributed by atoms with Gasteiger partial charge in [-0.25, -0.2) is 0 Å². The number of benzene rings is 3. The summed E-state index contributed by atoms with van der Waals surface area (Å²) in [5.74, 6) is -1.90. The van der Waals surface area contributed by atoms with Gasteiger partial charge in [0.2, 0.25) is 0 Å². The molecule has 6 nitrogen and oxygen atoms in total. The van der Waals surface area contributed by atoms with E-state index in [2.05, 4.69) is 0 Å². The van der Waals surface area contributed by atoms with Gasteiger partial charge in [0.25, 0.3) is 0 Å². The van der Waals surface area contributed by atoms with Crippen molar-refractivity contribution in [2.45, 2.75) is 45.6 Å². The third kappa shape index (κ3) is 4.37. The molecule has 3 aromatic rings. The molecule has 212 valence electrons. The monoisotopic (exact) mass is 552 g/mol. The first-order chi connectivity index (χ1) is 19.5. The first kappa shape index (κ1) is 28.3. The van der Waals surface area contributed by atoms with Crippen LogP contribution in [0.25, 0.3) is 5.57 Å². The molecule has 3 aromatic carbocycles. The highest BCUT2D eigenvalue weighted by molar-refractivity contribution is 6.23. The second-order valence-corrected chi connectivity index (χ2v) is 12.0. The van der Waals surface area contributed by atoms with E-state index < -0.39 is 40.2 Å². The van der Waals surface area contributed by atoms with Crippen LogP contribution in [0.15, 0.2) is 90.7 Å². The number of fused-ring (bicyclic) bond motifs is 2. The van der Waals surface area contributed by atoms with Crippen molar-refractivity contribution in [3.8, 4) is 0 Å². The lowest BCUT2D eigenvalue weighted by Crippen LogP contribution is -2.51. The Hall–Kier alpha value is -4.19. The quantitative estimate of drug-likeness (QED) is 0.328. The number of carbonyl (C=O) groups excluding carboxylic acids is 3. The minimum Gasteiger partial charge on any atom is -0.481 e. The lowest BCUT2D eigenvalue weighted by molar-refractivity contribution is -0.162. The van der Waals surface area contributed by atoms with Crippen LogP contribution < -0.4 is 0 Å². The highest BCUT2D eigenvalue weighted by Gasteiger charge is 2.59. The largest absolute Gasteiger partial charge is 0.481 e. The Morgan fingerprint density at radius 3 is 1.71 bits per heavy atom. The van der Waals surface area contributed by atoms with Crippen molar-refractivity contribution in [3.63, 3.8) is 0 Å². The van der Waals surface area contributed by atoms with Crippen LogP contribution >= 0.6 is 0 Å². The number of rotatable bonds is 6. The zero-order valence-electron chi connectivity index (χ0n) is 24.4. The smallest absolute Gasteiger partial charge is 0.311 e. The minimum absolute atomic E-state index is 0.0740. The van der Waals surface area contributed by atoms with Gasteiger partial charge in [-0.2, -0.15) is 0 Å². The summed E-state index contributed by atoms with van der Waals surface area (Å²) in [7, 11) is 2.71. The molecule has 5 rings (SSSR count). The molecule has 0 spiro atoms. The second-order valence-electron chi connectivity index (χ2n) is 12.0. The van der Waals surface area contributed by atoms with Crippen LogP contribution in [0.2, 0.25) is 0 Å². The molecule has 0 bridgehead atoms. The Balaban J connectivity index is 1.87. The lowest BCUT2D eigenvalue weighted by Gasteiger charge is -2.51. The van der Waals surface area contributed by atoms with Gasteiger partial charge < -0.3 is 14.2 Å². The molecule has 0 unspecified atom stereocenters. The Bertz CT molecular complexity index is 1480. The zero-order chi connectivity index (χ0) is 29.6. The fourth-order valence-electron chi connectivity index (χ4n) is 6.79. The third-order valence-electron chi connectivity index (χ3n) is 8.86. The molecule has 0 N–H and O–H groups in total. The van der Waals surface area contributed by atoms with Crippen molar-refractivity contribution < 1.29 is 28.6 Å². The molecule has 0 aromatic heterocycles. The molecule has 0 saturated carbocycles. The maximum Gasteiger partial charge on any atom is 0.311 e. The van der Waals surface area contributed by atoms with Crippen molar-refractivity contribution >= 4 is 23.3 Å². The standard InChI is InChI=1S/C35H36O6/c1-33(2,31(37)39-5)28-25-20-14-13-19-24(25)27-26(36)21-35(22-15-9-7-10-16-22,23-17-11-8-12-18-23)41-30(27)29(28)34(3,4)32(38)40-6/h7-20,28-29H,21H2,1-6H3/t28-,29+/m0/s1.